The summed E-state index contributed by atoms with van der Waals surface area (Å²) in [6, 6.07) is 5.91. The minimum Gasteiger partial charge on any atom is -0.369 e. The lowest BCUT2D eigenvalue weighted by Crippen LogP contribution is -2.52. The van der Waals surface area contributed by atoms with Gasteiger partial charge in [-0.15, -0.1) is 0 Å². The lowest BCUT2D eigenvalue weighted by atomic mass is 10.1. The van der Waals surface area contributed by atoms with E-state index in [9.17, 15) is 0 Å². The zero-order valence-corrected chi connectivity index (χ0v) is 13.6. The zero-order chi connectivity index (χ0) is 15.7. The summed E-state index contributed by atoms with van der Waals surface area (Å²) in [4.78, 5) is 15.7. The third-order valence-corrected chi connectivity index (χ3v) is 3.67. The van der Waals surface area contributed by atoms with Gasteiger partial charge in [-0.3, -0.25) is 4.98 Å². The van der Waals surface area contributed by atoms with Crippen molar-refractivity contribution in [2.24, 2.45) is 0 Å². The van der Waals surface area contributed by atoms with Crippen LogP contribution in [0.3, 0.4) is 0 Å². The second-order valence-corrected chi connectivity index (χ2v) is 6.50. The number of nitrogens with zero attached hydrogens (tertiary/aromatic N) is 4. The molecule has 5 nitrogen and oxygen atoms in total. The van der Waals surface area contributed by atoms with Gasteiger partial charge in [0.2, 0.25) is 0 Å². The first-order chi connectivity index (χ1) is 10.4. The van der Waals surface area contributed by atoms with Crippen molar-refractivity contribution in [1.29, 1.82) is 0 Å². The third-order valence-electron chi connectivity index (χ3n) is 3.67. The van der Waals surface area contributed by atoms with E-state index in [2.05, 4.69) is 35.6 Å². The SMILES string of the molecule is Cc1cc(N2CC(C)OC(C)(C)C2)nc(-c2ccncc2)n1. The van der Waals surface area contributed by atoms with Crippen molar-refractivity contribution >= 4 is 5.82 Å². The summed E-state index contributed by atoms with van der Waals surface area (Å²) in [5.41, 5.74) is 1.78. The quantitative estimate of drug-likeness (QED) is 0.853. The molecule has 3 heterocycles. The number of hydrogen-bond donors (Lipinski definition) is 0. The van der Waals surface area contributed by atoms with Crippen molar-refractivity contribution in [3.8, 4) is 11.4 Å². The highest BCUT2D eigenvalue weighted by Gasteiger charge is 2.32. The van der Waals surface area contributed by atoms with E-state index >= 15 is 0 Å². The van der Waals surface area contributed by atoms with E-state index in [1.165, 1.54) is 0 Å². The van der Waals surface area contributed by atoms with Gasteiger partial charge in [0.1, 0.15) is 5.82 Å². The topological polar surface area (TPSA) is 51.1 Å². The molecule has 5 heteroatoms. The highest BCUT2D eigenvalue weighted by atomic mass is 16.5. The molecule has 1 atom stereocenters. The summed E-state index contributed by atoms with van der Waals surface area (Å²) in [5, 5.41) is 0. The Morgan fingerprint density at radius 1 is 1.23 bits per heavy atom. The molecular weight excluding hydrogens is 276 g/mol. The van der Waals surface area contributed by atoms with Gasteiger partial charge in [-0.05, 0) is 39.8 Å². The van der Waals surface area contributed by atoms with Crippen LogP contribution in [0.1, 0.15) is 26.5 Å². The average Bonchev–Trinajstić information content (AvgIpc) is 2.45. The fourth-order valence-corrected chi connectivity index (χ4v) is 2.97. The lowest BCUT2D eigenvalue weighted by molar-refractivity contribution is -0.0751. The number of aryl methyl sites for hydroxylation is 1. The van der Waals surface area contributed by atoms with E-state index in [1.54, 1.807) is 12.4 Å². The first-order valence-electron chi connectivity index (χ1n) is 7.62. The van der Waals surface area contributed by atoms with Gasteiger partial charge in [0.25, 0.3) is 0 Å². The van der Waals surface area contributed by atoms with Gasteiger partial charge < -0.3 is 9.64 Å². The average molecular weight is 298 g/mol. The Balaban J connectivity index is 1.96. The van der Waals surface area contributed by atoms with Crippen LogP contribution in [0.25, 0.3) is 11.4 Å². The van der Waals surface area contributed by atoms with Gasteiger partial charge in [0.05, 0.1) is 11.7 Å². The van der Waals surface area contributed by atoms with Crippen LogP contribution in [0.4, 0.5) is 5.82 Å². The van der Waals surface area contributed by atoms with Crippen molar-refractivity contribution in [1.82, 2.24) is 15.0 Å². The molecule has 0 saturated carbocycles. The number of ether oxygens (including phenoxy) is 1. The van der Waals surface area contributed by atoms with Gasteiger partial charge in [-0.25, -0.2) is 9.97 Å². The smallest absolute Gasteiger partial charge is 0.161 e. The zero-order valence-electron chi connectivity index (χ0n) is 13.6. The fourth-order valence-electron chi connectivity index (χ4n) is 2.97. The second kappa shape index (κ2) is 5.65. The van der Waals surface area contributed by atoms with Crippen LogP contribution in [0.2, 0.25) is 0 Å². The van der Waals surface area contributed by atoms with Crippen molar-refractivity contribution in [2.45, 2.75) is 39.4 Å². The van der Waals surface area contributed by atoms with Crippen LogP contribution in [-0.4, -0.2) is 39.7 Å². The highest BCUT2D eigenvalue weighted by molar-refractivity contribution is 5.57. The minimum absolute atomic E-state index is 0.173. The van der Waals surface area contributed by atoms with E-state index < -0.39 is 0 Å². The molecule has 0 bridgehead atoms. The van der Waals surface area contributed by atoms with Crippen LogP contribution in [0.15, 0.2) is 30.6 Å². The summed E-state index contributed by atoms with van der Waals surface area (Å²) < 4.78 is 5.98. The molecule has 1 fully saturated rings. The van der Waals surface area contributed by atoms with Gasteiger partial charge in [-0.2, -0.15) is 0 Å². The fraction of sp³-hybridized carbons (Fsp3) is 0.471. The summed E-state index contributed by atoms with van der Waals surface area (Å²) in [6.45, 7) is 10.0. The standard InChI is InChI=1S/C17H22N4O/c1-12-9-15(21-10-13(2)22-17(3,4)11-21)20-16(19-12)14-5-7-18-8-6-14/h5-9,13H,10-11H2,1-4H3. The molecule has 1 saturated heterocycles. The number of aromatic nitrogens is 3. The number of pyridine rings is 1. The number of hydrogen-bond acceptors (Lipinski definition) is 5. The van der Waals surface area contributed by atoms with Gasteiger partial charge in [0, 0.05) is 42.8 Å². The Hall–Kier alpha value is -2.01. The van der Waals surface area contributed by atoms with Crippen molar-refractivity contribution < 1.29 is 4.74 Å². The Morgan fingerprint density at radius 3 is 2.64 bits per heavy atom. The van der Waals surface area contributed by atoms with Gasteiger partial charge in [-0.1, -0.05) is 0 Å². The number of anilines is 1. The van der Waals surface area contributed by atoms with Crippen LogP contribution in [0, 0.1) is 6.92 Å². The molecular formula is C17H22N4O. The van der Waals surface area contributed by atoms with Crippen molar-refractivity contribution in [3.63, 3.8) is 0 Å². The molecule has 2 aromatic rings. The van der Waals surface area contributed by atoms with Crippen LogP contribution in [0.5, 0.6) is 0 Å². The van der Waals surface area contributed by atoms with Crippen LogP contribution >= 0.6 is 0 Å². The largest absolute Gasteiger partial charge is 0.369 e. The second-order valence-electron chi connectivity index (χ2n) is 6.50. The van der Waals surface area contributed by atoms with Crippen LogP contribution in [-0.2, 0) is 4.74 Å². The molecule has 0 amide bonds. The first kappa shape index (κ1) is 14.9. The monoisotopic (exact) mass is 298 g/mol. The predicted octanol–water partition coefficient (Wildman–Crippen LogP) is 2.85. The van der Waals surface area contributed by atoms with Gasteiger partial charge in [0.15, 0.2) is 5.82 Å². The van der Waals surface area contributed by atoms with E-state index in [1.807, 2.05) is 25.1 Å². The summed E-state index contributed by atoms with van der Waals surface area (Å²) in [5.74, 6) is 1.71. The van der Waals surface area contributed by atoms with E-state index in [0.29, 0.717) is 0 Å². The lowest BCUT2D eigenvalue weighted by Gasteiger charge is -2.42. The van der Waals surface area contributed by atoms with Crippen molar-refractivity contribution in [2.75, 3.05) is 18.0 Å². The Labute approximate surface area is 131 Å². The highest BCUT2D eigenvalue weighted by Crippen LogP contribution is 2.26. The minimum atomic E-state index is -0.173. The molecule has 3 rings (SSSR count). The maximum atomic E-state index is 5.98. The summed E-state index contributed by atoms with van der Waals surface area (Å²) in [6.07, 6.45) is 3.71. The maximum absolute atomic E-state index is 5.98. The van der Waals surface area contributed by atoms with E-state index in [-0.39, 0.29) is 11.7 Å². The van der Waals surface area contributed by atoms with Crippen LogP contribution < -0.4 is 4.90 Å². The molecule has 116 valence electrons. The molecule has 0 N–H and O–H groups in total. The Morgan fingerprint density at radius 2 is 1.95 bits per heavy atom. The predicted molar refractivity (Wildman–Crippen MR) is 86.8 cm³/mol. The van der Waals surface area contributed by atoms with E-state index in [0.717, 1.165) is 36.0 Å². The van der Waals surface area contributed by atoms with E-state index in [4.69, 9.17) is 9.72 Å². The normalized spacial score (nSPS) is 20.9. The summed E-state index contributed by atoms with van der Waals surface area (Å²) >= 11 is 0. The summed E-state index contributed by atoms with van der Waals surface area (Å²) in [7, 11) is 0. The first-order valence-corrected chi connectivity index (χ1v) is 7.62. The molecule has 2 aromatic heterocycles. The molecule has 1 aliphatic rings. The molecule has 1 unspecified atom stereocenters. The molecule has 0 aliphatic carbocycles. The van der Waals surface area contributed by atoms with Gasteiger partial charge >= 0.3 is 0 Å². The van der Waals surface area contributed by atoms with Crippen molar-refractivity contribution in [3.05, 3.63) is 36.3 Å². The molecule has 1 aliphatic heterocycles. The maximum Gasteiger partial charge on any atom is 0.161 e. The Kier molecular flexibility index (Phi) is 3.83. The number of rotatable bonds is 2. The Bertz CT molecular complexity index is 657. The third kappa shape index (κ3) is 3.25. The molecule has 22 heavy (non-hydrogen) atoms. The molecule has 0 aromatic carbocycles. The molecule has 0 radical (unpaired) electrons. The number of morpholine rings is 1. The molecule has 0 spiro atoms.